The summed E-state index contributed by atoms with van der Waals surface area (Å²) in [6.45, 7) is 2.05. The lowest BCUT2D eigenvalue weighted by molar-refractivity contribution is 0.252. The van der Waals surface area contributed by atoms with Gasteiger partial charge in [0, 0.05) is 17.6 Å². The number of benzene rings is 1. The van der Waals surface area contributed by atoms with E-state index >= 15 is 0 Å². The predicted molar refractivity (Wildman–Crippen MR) is 84.9 cm³/mol. The molecule has 0 spiro atoms. The average Bonchev–Trinajstić information content (AvgIpc) is 2.32. The van der Waals surface area contributed by atoms with Crippen LogP contribution in [-0.4, -0.2) is 37.5 Å². The molecular weight excluding hydrogens is 389 g/mol. The molecule has 0 aromatic heterocycles. The number of hydrogen-bond donors (Lipinski definition) is 1. The Morgan fingerprint density at radius 1 is 1.25 bits per heavy atom. The van der Waals surface area contributed by atoms with Crippen molar-refractivity contribution in [2.45, 2.75) is 24.7 Å². The minimum atomic E-state index is -3.82. The first-order valence-corrected chi connectivity index (χ1v) is 9.09. The molecule has 20 heavy (non-hydrogen) atoms. The van der Waals surface area contributed by atoms with Gasteiger partial charge < -0.3 is 5.11 Å². The highest BCUT2D eigenvalue weighted by Gasteiger charge is 2.28. The quantitative estimate of drug-likeness (QED) is 0.755. The van der Waals surface area contributed by atoms with E-state index in [9.17, 15) is 8.42 Å². The van der Waals surface area contributed by atoms with Gasteiger partial charge in [0.1, 0.15) is 4.90 Å². The lowest BCUT2D eigenvalue weighted by Gasteiger charge is -2.22. The van der Waals surface area contributed by atoms with Gasteiger partial charge >= 0.3 is 0 Å². The van der Waals surface area contributed by atoms with Crippen LogP contribution >= 0.6 is 39.1 Å². The van der Waals surface area contributed by atoms with Gasteiger partial charge in [-0.1, -0.05) is 52.5 Å². The molecular formula is C12H16BrCl2NO3S. The maximum absolute atomic E-state index is 12.6. The molecule has 1 aromatic rings. The molecule has 0 unspecified atom stereocenters. The molecule has 0 aliphatic carbocycles. The summed E-state index contributed by atoms with van der Waals surface area (Å²) in [6, 6.07) is 2.97. The van der Waals surface area contributed by atoms with Gasteiger partial charge in [0.2, 0.25) is 10.0 Å². The zero-order valence-corrected chi connectivity index (χ0v) is 14.9. The molecule has 114 valence electrons. The average molecular weight is 405 g/mol. The van der Waals surface area contributed by atoms with Crippen molar-refractivity contribution in [1.82, 2.24) is 4.31 Å². The first kappa shape index (κ1) is 18.2. The highest BCUT2D eigenvalue weighted by molar-refractivity contribution is 9.10. The second-order valence-corrected chi connectivity index (χ2v) is 7.78. The summed E-state index contributed by atoms with van der Waals surface area (Å²) < 4.78 is 27.0. The maximum Gasteiger partial charge on any atom is 0.246 e. The van der Waals surface area contributed by atoms with E-state index in [1.807, 2.05) is 6.92 Å². The summed E-state index contributed by atoms with van der Waals surface area (Å²) in [5.74, 6) is 0. The zero-order valence-electron chi connectivity index (χ0n) is 10.9. The molecule has 0 heterocycles. The van der Waals surface area contributed by atoms with Crippen LogP contribution in [0.5, 0.6) is 0 Å². The second kappa shape index (κ2) is 7.96. The number of aliphatic hydroxyl groups is 1. The van der Waals surface area contributed by atoms with E-state index in [2.05, 4.69) is 15.9 Å². The van der Waals surface area contributed by atoms with Crippen LogP contribution in [-0.2, 0) is 10.0 Å². The molecule has 0 saturated heterocycles. The van der Waals surface area contributed by atoms with E-state index in [1.165, 1.54) is 16.4 Å². The highest BCUT2D eigenvalue weighted by atomic mass is 79.9. The van der Waals surface area contributed by atoms with Crippen molar-refractivity contribution < 1.29 is 13.5 Å². The van der Waals surface area contributed by atoms with Crippen molar-refractivity contribution in [2.75, 3.05) is 19.7 Å². The van der Waals surface area contributed by atoms with Crippen LogP contribution in [0.2, 0.25) is 10.0 Å². The van der Waals surface area contributed by atoms with E-state index < -0.39 is 10.0 Å². The standard InChI is InChI=1S/C12H16BrCl2NO3S/c1-2-3-4-16(5-6-17)20(18,19)12-10(14)7-9(13)8-11(12)15/h7-8,17H,2-6H2,1H3. The molecule has 0 saturated carbocycles. The van der Waals surface area contributed by atoms with Gasteiger partial charge in [-0.05, 0) is 18.6 Å². The Balaban J connectivity index is 3.26. The lowest BCUT2D eigenvalue weighted by Crippen LogP contribution is -2.34. The Labute approximate surface area is 137 Å². The molecule has 0 amide bonds. The SMILES string of the molecule is CCCCN(CCO)S(=O)(=O)c1c(Cl)cc(Br)cc1Cl. The molecule has 1 rings (SSSR count). The highest BCUT2D eigenvalue weighted by Crippen LogP contribution is 2.34. The summed E-state index contributed by atoms with van der Waals surface area (Å²) >= 11 is 15.2. The number of halogens is 3. The second-order valence-electron chi connectivity index (χ2n) is 4.18. The Bertz CT molecular complexity index is 543. The first-order chi connectivity index (χ1) is 9.34. The maximum atomic E-state index is 12.6. The molecule has 8 heteroatoms. The fraction of sp³-hybridized carbons (Fsp3) is 0.500. The van der Waals surface area contributed by atoms with Crippen molar-refractivity contribution in [3.05, 3.63) is 26.7 Å². The van der Waals surface area contributed by atoms with Crippen LogP contribution in [0.15, 0.2) is 21.5 Å². The first-order valence-electron chi connectivity index (χ1n) is 6.10. The predicted octanol–water partition coefficient (Wildman–Crippen LogP) is 3.54. The summed E-state index contributed by atoms with van der Waals surface area (Å²) in [6.07, 6.45) is 1.55. The number of unbranched alkanes of at least 4 members (excludes halogenated alkanes) is 1. The van der Waals surface area contributed by atoms with Gasteiger partial charge in [-0.15, -0.1) is 0 Å². The molecule has 0 radical (unpaired) electrons. The van der Waals surface area contributed by atoms with Gasteiger partial charge in [-0.3, -0.25) is 0 Å². The monoisotopic (exact) mass is 403 g/mol. The molecule has 0 aliphatic heterocycles. The van der Waals surface area contributed by atoms with Crippen LogP contribution in [0.4, 0.5) is 0 Å². The molecule has 0 atom stereocenters. The molecule has 4 nitrogen and oxygen atoms in total. The third-order valence-corrected chi connectivity index (χ3v) is 5.95. The number of sulfonamides is 1. The molecule has 1 N–H and O–H groups in total. The lowest BCUT2D eigenvalue weighted by atomic mass is 10.3. The Morgan fingerprint density at radius 3 is 2.25 bits per heavy atom. The topological polar surface area (TPSA) is 57.6 Å². The van der Waals surface area contributed by atoms with E-state index in [4.69, 9.17) is 28.3 Å². The third-order valence-electron chi connectivity index (χ3n) is 2.67. The minimum absolute atomic E-state index is 0.0189. The number of aliphatic hydroxyl groups excluding tert-OH is 1. The van der Waals surface area contributed by atoms with Crippen molar-refractivity contribution in [2.24, 2.45) is 0 Å². The molecule has 0 fully saturated rings. The van der Waals surface area contributed by atoms with Crippen LogP contribution in [0.25, 0.3) is 0 Å². The van der Waals surface area contributed by atoms with Crippen molar-refractivity contribution >= 4 is 49.2 Å². The van der Waals surface area contributed by atoms with Crippen LogP contribution < -0.4 is 0 Å². The smallest absolute Gasteiger partial charge is 0.246 e. The van der Waals surface area contributed by atoms with Gasteiger partial charge in [0.05, 0.1) is 16.7 Å². The van der Waals surface area contributed by atoms with E-state index in [-0.39, 0.29) is 28.1 Å². The fourth-order valence-corrected chi connectivity index (χ4v) is 5.06. The van der Waals surface area contributed by atoms with Gasteiger partial charge in [-0.2, -0.15) is 4.31 Å². The minimum Gasteiger partial charge on any atom is -0.395 e. The molecule has 1 aromatic carbocycles. The van der Waals surface area contributed by atoms with E-state index in [0.29, 0.717) is 17.4 Å². The van der Waals surface area contributed by atoms with Crippen LogP contribution in [0, 0.1) is 0 Å². The van der Waals surface area contributed by atoms with Gasteiger partial charge in [0.25, 0.3) is 0 Å². The van der Waals surface area contributed by atoms with E-state index in [0.717, 1.165) is 6.42 Å². The normalized spacial score (nSPS) is 12.1. The third kappa shape index (κ3) is 4.32. The van der Waals surface area contributed by atoms with Crippen molar-refractivity contribution in [3.63, 3.8) is 0 Å². The zero-order chi connectivity index (χ0) is 15.3. The number of hydrogen-bond acceptors (Lipinski definition) is 3. The van der Waals surface area contributed by atoms with Gasteiger partial charge in [-0.25, -0.2) is 8.42 Å². The fourth-order valence-electron chi connectivity index (χ4n) is 1.70. The number of rotatable bonds is 7. The Hall–Kier alpha value is 0.150. The molecule has 0 bridgehead atoms. The summed E-state index contributed by atoms with van der Waals surface area (Å²) in [4.78, 5) is -0.117. The van der Waals surface area contributed by atoms with Crippen molar-refractivity contribution in [3.8, 4) is 0 Å². The largest absolute Gasteiger partial charge is 0.395 e. The van der Waals surface area contributed by atoms with Crippen LogP contribution in [0.1, 0.15) is 19.8 Å². The van der Waals surface area contributed by atoms with Crippen molar-refractivity contribution in [1.29, 1.82) is 0 Å². The summed E-state index contributed by atoms with van der Waals surface area (Å²) in [5, 5.41) is 9.17. The summed E-state index contributed by atoms with van der Waals surface area (Å²) in [5.41, 5.74) is 0. The van der Waals surface area contributed by atoms with Crippen LogP contribution in [0.3, 0.4) is 0 Å². The molecule has 0 aliphatic rings. The Kier molecular flexibility index (Phi) is 7.24. The Morgan fingerprint density at radius 2 is 1.80 bits per heavy atom. The van der Waals surface area contributed by atoms with Gasteiger partial charge in [0.15, 0.2) is 0 Å². The summed E-state index contributed by atoms with van der Waals surface area (Å²) in [7, 11) is -3.82. The number of nitrogens with zero attached hydrogens (tertiary/aromatic N) is 1. The van der Waals surface area contributed by atoms with E-state index in [1.54, 1.807) is 0 Å².